The molecule has 4 aromatic heterocycles. The second-order valence-electron chi connectivity index (χ2n) is 13.0. The summed E-state index contributed by atoms with van der Waals surface area (Å²) in [5, 5.41) is 7.42. The van der Waals surface area contributed by atoms with Crippen molar-refractivity contribution in [2.45, 2.75) is 0 Å². The van der Waals surface area contributed by atoms with E-state index in [9.17, 15) is 0 Å². The Labute approximate surface area is 297 Å². The van der Waals surface area contributed by atoms with Crippen LogP contribution in [0.5, 0.6) is 0 Å². The lowest BCUT2D eigenvalue weighted by atomic mass is 10.1. The van der Waals surface area contributed by atoms with E-state index in [0.29, 0.717) is 5.95 Å². The Morgan fingerprint density at radius 2 is 0.980 bits per heavy atom. The van der Waals surface area contributed by atoms with E-state index in [1.165, 1.54) is 47.2 Å². The molecule has 0 unspecified atom stereocenters. The number of hydrogen-bond acceptors (Lipinski definition) is 3. The van der Waals surface area contributed by atoms with Crippen molar-refractivity contribution in [3.63, 3.8) is 0 Å². The molecule has 0 aliphatic heterocycles. The van der Waals surface area contributed by atoms with E-state index in [1.54, 1.807) is 0 Å². The Morgan fingerprint density at radius 3 is 1.71 bits per heavy atom. The van der Waals surface area contributed by atoms with Crippen LogP contribution >= 0.6 is 11.3 Å². The summed E-state index contributed by atoms with van der Waals surface area (Å²) in [4.78, 5) is 10.6. The van der Waals surface area contributed by atoms with Crippen LogP contribution in [-0.2, 0) is 0 Å². The molecule has 238 valence electrons. The smallest absolute Gasteiger partial charge is 0.235 e. The summed E-state index contributed by atoms with van der Waals surface area (Å²) in [6, 6.07) is 60.5. The summed E-state index contributed by atoms with van der Waals surface area (Å²) in [5.41, 5.74) is 9.55. The fourth-order valence-corrected chi connectivity index (χ4v) is 8.99. The Morgan fingerprint density at radius 1 is 0.392 bits per heavy atom. The maximum atomic E-state index is 5.29. The second-order valence-corrected chi connectivity index (χ2v) is 14.1. The zero-order valence-electron chi connectivity index (χ0n) is 27.4. The molecule has 0 aliphatic carbocycles. The lowest BCUT2D eigenvalue weighted by molar-refractivity contribution is 0.995. The van der Waals surface area contributed by atoms with Crippen molar-refractivity contribution in [3.8, 4) is 34.2 Å². The first kappa shape index (κ1) is 28.3. The van der Waals surface area contributed by atoms with Crippen LogP contribution < -0.4 is 0 Å². The number of benzene rings is 7. The van der Waals surface area contributed by atoms with Crippen molar-refractivity contribution in [1.82, 2.24) is 19.1 Å². The first-order valence-corrected chi connectivity index (χ1v) is 18.0. The highest BCUT2D eigenvalue weighted by Gasteiger charge is 2.22. The second kappa shape index (κ2) is 11.0. The molecular weight excluding hydrogens is 641 g/mol. The van der Waals surface area contributed by atoms with Crippen molar-refractivity contribution < 1.29 is 0 Å². The van der Waals surface area contributed by atoms with Crippen LogP contribution in [-0.4, -0.2) is 19.1 Å². The van der Waals surface area contributed by atoms with Gasteiger partial charge < -0.3 is 4.57 Å². The molecule has 5 heteroatoms. The van der Waals surface area contributed by atoms with Gasteiger partial charge in [0.05, 0.1) is 33.5 Å². The molecule has 11 rings (SSSR count). The summed E-state index contributed by atoms with van der Waals surface area (Å²) >= 11 is 1.86. The van der Waals surface area contributed by atoms with Crippen LogP contribution in [0.15, 0.2) is 170 Å². The van der Waals surface area contributed by atoms with E-state index >= 15 is 0 Å². The number of nitrogens with zero attached hydrogens (tertiary/aromatic N) is 4. The maximum absolute atomic E-state index is 5.29. The van der Waals surface area contributed by atoms with Gasteiger partial charge in [0, 0.05) is 58.5 Å². The molecule has 4 heterocycles. The fourth-order valence-electron chi connectivity index (χ4n) is 7.88. The molecule has 0 radical (unpaired) electrons. The molecule has 0 spiro atoms. The average molecular weight is 669 g/mol. The van der Waals surface area contributed by atoms with Gasteiger partial charge in [0.2, 0.25) is 5.95 Å². The fraction of sp³-hybridized carbons (Fsp3) is 0. The van der Waals surface area contributed by atoms with Crippen molar-refractivity contribution in [1.29, 1.82) is 0 Å². The predicted octanol–water partition coefficient (Wildman–Crippen LogP) is 12.4. The molecule has 0 atom stereocenters. The number of rotatable bonds is 4. The Balaban J connectivity index is 1.29. The van der Waals surface area contributed by atoms with E-state index in [4.69, 9.17) is 9.97 Å². The van der Waals surface area contributed by atoms with Gasteiger partial charge in [-0.05, 0) is 48.5 Å². The zero-order valence-corrected chi connectivity index (χ0v) is 28.2. The molecule has 0 saturated heterocycles. The molecule has 0 N–H and O–H groups in total. The van der Waals surface area contributed by atoms with E-state index in [2.05, 4.69) is 167 Å². The van der Waals surface area contributed by atoms with Gasteiger partial charge in [0.25, 0.3) is 0 Å². The molecule has 4 nitrogen and oxygen atoms in total. The van der Waals surface area contributed by atoms with Gasteiger partial charge in [-0.25, -0.2) is 9.97 Å². The van der Waals surface area contributed by atoms with Crippen molar-refractivity contribution in [3.05, 3.63) is 170 Å². The van der Waals surface area contributed by atoms with Crippen molar-refractivity contribution in [2.24, 2.45) is 0 Å². The summed E-state index contributed by atoms with van der Waals surface area (Å²) in [7, 11) is 0. The van der Waals surface area contributed by atoms with Crippen LogP contribution in [0.2, 0.25) is 0 Å². The quantitative estimate of drug-likeness (QED) is 0.187. The molecule has 0 bridgehead atoms. The SMILES string of the molecule is c1ccc(-c2cc(-c3ccccc3)nc(-n3c4ccccc4c4cc5c6ccc7sc8ccccc8c7c6n(-c6ccccc6)c5cc43)n2)cc1. The van der Waals surface area contributed by atoms with E-state index < -0.39 is 0 Å². The third-order valence-electron chi connectivity index (χ3n) is 10.1. The Kier molecular flexibility index (Phi) is 6.09. The van der Waals surface area contributed by atoms with Crippen LogP contribution in [0.25, 0.3) is 97.9 Å². The lowest BCUT2D eigenvalue weighted by Gasteiger charge is -2.12. The highest BCUT2D eigenvalue weighted by Crippen LogP contribution is 2.45. The average Bonchev–Trinajstić information content (AvgIpc) is 3.85. The standard InChI is InChI=1S/C46H28N4S/c1-4-14-29(15-5-1)37-27-38(30-16-6-2-7-17-30)48-46(47-37)50-39-22-12-10-20-32(39)35-26-36-33-24-25-43-44(34-21-11-13-23-42(34)51-43)45(33)49(40(36)28-41(35)50)31-18-8-3-9-19-31/h1-28H. The monoisotopic (exact) mass is 668 g/mol. The van der Waals surface area contributed by atoms with Crippen LogP contribution in [0.3, 0.4) is 0 Å². The molecular formula is C46H28N4S. The maximum Gasteiger partial charge on any atom is 0.235 e. The first-order valence-electron chi connectivity index (χ1n) is 17.2. The molecule has 0 saturated carbocycles. The number of fused-ring (bicyclic) bond motifs is 10. The summed E-state index contributed by atoms with van der Waals surface area (Å²) in [5.74, 6) is 0.648. The van der Waals surface area contributed by atoms with Gasteiger partial charge >= 0.3 is 0 Å². The van der Waals surface area contributed by atoms with Crippen LogP contribution in [0.1, 0.15) is 0 Å². The number of aromatic nitrogens is 4. The molecule has 0 fully saturated rings. The summed E-state index contributed by atoms with van der Waals surface area (Å²) in [6.45, 7) is 0. The predicted molar refractivity (Wildman–Crippen MR) is 214 cm³/mol. The molecule has 0 amide bonds. The first-order chi connectivity index (χ1) is 25.3. The minimum atomic E-state index is 0.648. The minimum Gasteiger partial charge on any atom is -0.308 e. The lowest BCUT2D eigenvalue weighted by Crippen LogP contribution is -2.04. The minimum absolute atomic E-state index is 0.648. The van der Waals surface area contributed by atoms with Gasteiger partial charge in [0.15, 0.2) is 0 Å². The van der Waals surface area contributed by atoms with E-state index in [0.717, 1.165) is 44.8 Å². The summed E-state index contributed by atoms with van der Waals surface area (Å²) in [6.07, 6.45) is 0. The third-order valence-corrected chi connectivity index (χ3v) is 11.3. The van der Waals surface area contributed by atoms with Crippen LogP contribution in [0.4, 0.5) is 0 Å². The number of para-hydroxylation sites is 2. The topological polar surface area (TPSA) is 35.6 Å². The highest BCUT2D eigenvalue weighted by molar-refractivity contribution is 7.26. The van der Waals surface area contributed by atoms with E-state index in [-0.39, 0.29) is 0 Å². The molecule has 11 aromatic rings. The molecule has 51 heavy (non-hydrogen) atoms. The Bertz CT molecular complexity index is 3060. The van der Waals surface area contributed by atoms with E-state index in [1.807, 2.05) is 23.5 Å². The van der Waals surface area contributed by atoms with Gasteiger partial charge in [-0.2, -0.15) is 0 Å². The normalized spacial score (nSPS) is 11.9. The van der Waals surface area contributed by atoms with Crippen molar-refractivity contribution in [2.75, 3.05) is 0 Å². The third kappa shape index (κ3) is 4.25. The van der Waals surface area contributed by atoms with Crippen LogP contribution in [0, 0.1) is 0 Å². The van der Waals surface area contributed by atoms with Gasteiger partial charge in [-0.1, -0.05) is 121 Å². The molecule has 7 aromatic carbocycles. The summed E-state index contributed by atoms with van der Waals surface area (Å²) < 4.78 is 7.32. The largest absolute Gasteiger partial charge is 0.308 e. The number of hydrogen-bond donors (Lipinski definition) is 0. The van der Waals surface area contributed by atoms with Crippen molar-refractivity contribution >= 4 is 75.1 Å². The zero-order chi connectivity index (χ0) is 33.5. The highest BCUT2D eigenvalue weighted by atomic mass is 32.1. The number of thiophene rings is 1. The van der Waals surface area contributed by atoms with Gasteiger partial charge in [-0.3, -0.25) is 4.57 Å². The molecule has 0 aliphatic rings. The Hall–Kier alpha value is -6.56. The van der Waals surface area contributed by atoms with Gasteiger partial charge in [0.1, 0.15) is 0 Å². The van der Waals surface area contributed by atoms with Gasteiger partial charge in [-0.15, -0.1) is 11.3 Å².